The predicted molar refractivity (Wildman–Crippen MR) is 94.2 cm³/mol. The van der Waals surface area contributed by atoms with Gasteiger partial charge in [0.05, 0.1) is 5.54 Å². The van der Waals surface area contributed by atoms with Gasteiger partial charge in [0.1, 0.15) is 6.10 Å². The molecule has 1 aromatic carbocycles. The Labute approximate surface area is 148 Å². The first-order valence-electron chi connectivity index (χ1n) is 9.12. The summed E-state index contributed by atoms with van der Waals surface area (Å²) in [7, 11) is 0. The molecule has 24 heavy (non-hydrogen) atoms. The fourth-order valence-electron chi connectivity index (χ4n) is 4.64. The lowest BCUT2D eigenvalue weighted by molar-refractivity contribution is -0.0354. The molecule has 5 rings (SSSR count). The van der Waals surface area contributed by atoms with E-state index < -0.39 is 0 Å². The zero-order valence-corrected chi connectivity index (χ0v) is 14.7. The van der Waals surface area contributed by atoms with E-state index in [1.165, 1.54) is 0 Å². The van der Waals surface area contributed by atoms with Gasteiger partial charge in [0, 0.05) is 11.6 Å². The number of nitrogens with one attached hydrogen (secondary N) is 1. The molecule has 1 N–H and O–H groups in total. The number of halogens is 1. The van der Waals surface area contributed by atoms with Crippen molar-refractivity contribution in [3.63, 3.8) is 0 Å². The molecular formula is C19H25ClN2O2. The minimum atomic E-state index is -0.296. The van der Waals surface area contributed by atoms with E-state index in [2.05, 4.69) is 10.2 Å². The second-order valence-electron chi connectivity index (χ2n) is 7.50. The molecule has 4 aliphatic rings. The van der Waals surface area contributed by atoms with Crippen LogP contribution in [0, 0.1) is 5.92 Å². The zero-order valence-electron chi connectivity index (χ0n) is 14.0. The Hall–Kier alpha value is -1.26. The van der Waals surface area contributed by atoms with Crippen molar-refractivity contribution in [2.24, 2.45) is 5.92 Å². The molecule has 0 radical (unpaired) electrons. The quantitative estimate of drug-likeness (QED) is 0.899. The van der Waals surface area contributed by atoms with E-state index in [-0.39, 0.29) is 17.7 Å². The molecule has 5 heteroatoms. The highest BCUT2D eigenvalue weighted by Crippen LogP contribution is 2.39. The van der Waals surface area contributed by atoms with E-state index in [0.29, 0.717) is 5.92 Å². The number of carbonyl (C=O) groups excluding carboxylic acids is 1. The summed E-state index contributed by atoms with van der Waals surface area (Å²) in [4.78, 5) is 15.0. The first-order valence-corrected chi connectivity index (χ1v) is 9.50. The van der Waals surface area contributed by atoms with E-state index in [9.17, 15) is 4.79 Å². The number of fused-ring (bicyclic) bond motifs is 3. The number of hydrogen-bond acceptors (Lipinski definition) is 3. The third-order valence-corrected chi connectivity index (χ3v) is 6.30. The molecule has 1 aromatic rings. The molecule has 3 saturated heterocycles. The lowest BCUT2D eigenvalue weighted by Gasteiger charge is -2.44. The fraction of sp³-hybridized carbons (Fsp3) is 0.632. The summed E-state index contributed by atoms with van der Waals surface area (Å²) >= 11 is 6.02. The Bertz CT molecular complexity index is 590. The standard InChI is InChI=1S/C19H25ClN2O2/c20-16-5-3-15(4-6-16)19(9-1-2-10-19)21-18(23)24-17-13-22-11-7-14(17)8-12-22/h3-6,14,17H,1-2,7-13H2,(H,21,23). The van der Waals surface area contributed by atoms with Crippen molar-refractivity contribution in [2.45, 2.75) is 50.2 Å². The molecule has 4 fully saturated rings. The van der Waals surface area contributed by atoms with Gasteiger partial charge in [0.15, 0.2) is 0 Å². The van der Waals surface area contributed by atoms with E-state index in [0.717, 1.165) is 68.7 Å². The van der Waals surface area contributed by atoms with Crippen LogP contribution in [0.2, 0.25) is 5.02 Å². The number of piperidine rings is 3. The maximum atomic E-state index is 12.6. The number of rotatable bonds is 3. The maximum absolute atomic E-state index is 12.6. The number of alkyl carbamates (subject to hydrolysis) is 1. The highest BCUT2D eigenvalue weighted by atomic mass is 35.5. The summed E-state index contributed by atoms with van der Waals surface area (Å²) < 4.78 is 5.84. The Kier molecular flexibility index (Phi) is 4.44. The van der Waals surface area contributed by atoms with Gasteiger partial charge in [-0.2, -0.15) is 0 Å². The Morgan fingerprint density at radius 3 is 2.42 bits per heavy atom. The molecule has 1 aliphatic carbocycles. The number of hydrogen-bond donors (Lipinski definition) is 1. The molecular weight excluding hydrogens is 324 g/mol. The Balaban J connectivity index is 1.45. The minimum absolute atomic E-state index is 0.0520. The van der Waals surface area contributed by atoms with E-state index in [1.807, 2.05) is 24.3 Å². The molecule has 3 aliphatic heterocycles. The summed E-state index contributed by atoms with van der Waals surface area (Å²) in [6, 6.07) is 7.86. The summed E-state index contributed by atoms with van der Waals surface area (Å²) in [5.41, 5.74) is 0.839. The van der Waals surface area contributed by atoms with Crippen LogP contribution >= 0.6 is 11.6 Å². The lowest BCUT2D eigenvalue weighted by Crippen LogP contribution is -2.54. The van der Waals surface area contributed by atoms with Crippen molar-refractivity contribution < 1.29 is 9.53 Å². The van der Waals surface area contributed by atoms with E-state index in [4.69, 9.17) is 16.3 Å². The van der Waals surface area contributed by atoms with Gasteiger partial charge in [0.2, 0.25) is 0 Å². The summed E-state index contributed by atoms with van der Waals surface area (Å²) in [6.45, 7) is 3.20. The largest absolute Gasteiger partial charge is 0.445 e. The van der Waals surface area contributed by atoms with Crippen LogP contribution in [0.1, 0.15) is 44.1 Å². The fourth-order valence-corrected chi connectivity index (χ4v) is 4.77. The average molecular weight is 349 g/mol. The SMILES string of the molecule is O=C(NC1(c2ccc(Cl)cc2)CCCC1)OC1CN2CCC1CC2. The van der Waals surface area contributed by atoms with Crippen LogP contribution in [0.4, 0.5) is 4.79 Å². The lowest BCUT2D eigenvalue weighted by atomic mass is 9.86. The topological polar surface area (TPSA) is 41.6 Å². The monoisotopic (exact) mass is 348 g/mol. The van der Waals surface area contributed by atoms with Gasteiger partial charge in [0.25, 0.3) is 0 Å². The normalized spacial score (nSPS) is 31.0. The first kappa shape index (κ1) is 16.2. The molecule has 3 heterocycles. The number of nitrogens with zero attached hydrogens (tertiary/aromatic N) is 1. The second-order valence-corrected chi connectivity index (χ2v) is 7.94. The Morgan fingerprint density at radius 2 is 1.83 bits per heavy atom. The van der Waals surface area contributed by atoms with Crippen LogP contribution in [0.15, 0.2) is 24.3 Å². The van der Waals surface area contributed by atoms with Crippen LogP contribution in [-0.4, -0.2) is 36.7 Å². The molecule has 1 amide bonds. The molecule has 130 valence electrons. The van der Waals surface area contributed by atoms with Crippen molar-refractivity contribution in [3.8, 4) is 0 Å². The van der Waals surface area contributed by atoms with Crippen molar-refractivity contribution in [1.29, 1.82) is 0 Å². The molecule has 0 aromatic heterocycles. The zero-order chi connectivity index (χ0) is 16.6. The number of carbonyl (C=O) groups is 1. The van der Waals surface area contributed by atoms with Crippen LogP contribution in [-0.2, 0) is 10.3 Å². The predicted octanol–water partition coefficient (Wildman–Crippen LogP) is 3.93. The highest BCUT2D eigenvalue weighted by molar-refractivity contribution is 6.30. The molecule has 2 bridgehead atoms. The van der Waals surface area contributed by atoms with Crippen molar-refractivity contribution in [2.75, 3.05) is 19.6 Å². The minimum Gasteiger partial charge on any atom is -0.445 e. The molecule has 1 saturated carbocycles. The van der Waals surface area contributed by atoms with Gasteiger partial charge >= 0.3 is 6.09 Å². The average Bonchev–Trinajstić information content (AvgIpc) is 3.06. The van der Waals surface area contributed by atoms with Gasteiger partial charge in [-0.3, -0.25) is 4.90 Å². The number of benzene rings is 1. The van der Waals surface area contributed by atoms with Gasteiger partial charge < -0.3 is 10.1 Å². The van der Waals surface area contributed by atoms with E-state index >= 15 is 0 Å². The van der Waals surface area contributed by atoms with Crippen LogP contribution in [0.5, 0.6) is 0 Å². The smallest absolute Gasteiger partial charge is 0.408 e. The van der Waals surface area contributed by atoms with Gasteiger partial charge in [-0.25, -0.2) is 4.79 Å². The van der Waals surface area contributed by atoms with Crippen molar-refractivity contribution in [1.82, 2.24) is 10.2 Å². The summed E-state index contributed by atoms with van der Waals surface area (Å²) in [5, 5.41) is 3.94. The molecule has 0 spiro atoms. The first-order chi connectivity index (χ1) is 11.6. The third kappa shape index (κ3) is 3.14. The number of ether oxygens (including phenoxy) is 1. The van der Waals surface area contributed by atoms with E-state index in [1.54, 1.807) is 0 Å². The van der Waals surface area contributed by atoms with Crippen LogP contribution in [0.3, 0.4) is 0 Å². The number of amides is 1. The molecule has 1 atom stereocenters. The van der Waals surface area contributed by atoms with Gasteiger partial charge in [-0.15, -0.1) is 0 Å². The third-order valence-electron chi connectivity index (χ3n) is 6.05. The van der Waals surface area contributed by atoms with Crippen LogP contribution < -0.4 is 5.32 Å². The maximum Gasteiger partial charge on any atom is 0.408 e. The Morgan fingerprint density at radius 1 is 1.17 bits per heavy atom. The van der Waals surface area contributed by atoms with Crippen molar-refractivity contribution >= 4 is 17.7 Å². The second kappa shape index (κ2) is 6.57. The molecule has 1 unspecified atom stereocenters. The van der Waals surface area contributed by atoms with Crippen molar-refractivity contribution in [3.05, 3.63) is 34.9 Å². The summed E-state index contributed by atoms with van der Waals surface area (Å²) in [5.74, 6) is 0.538. The van der Waals surface area contributed by atoms with Crippen LogP contribution in [0.25, 0.3) is 0 Å². The summed E-state index contributed by atoms with van der Waals surface area (Å²) in [6.07, 6.45) is 6.28. The van der Waals surface area contributed by atoms with Gasteiger partial charge in [-0.1, -0.05) is 36.6 Å². The molecule has 4 nitrogen and oxygen atoms in total. The highest BCUT2D eigenvalue weighted by Gasteiger charge is 2.40. The van der Waals surface area contributed by atoms with Gasteiger partial charge in [-0.05, 0) is 62.4 Å².